The van der Waals surface area contributed by atoms with E-state index in [0.717, 1.165) is 46.1 Å². The van der Waals surface area contributed by atoms with Gasteiger partial charge in [0.05, 0.1) is 50.5 Å². The molecule has 1 aromatic heterocycles. The van der Waals surface area contributed by atoms with E-state index in [-0.39, 0.29) is 12.0 Å². The van der Waals surface area contributed by atoms with Crippen LogP contribution in [0.25, 0.3) is 17.1 Å². The minimum absolute atomic E-state index is 0.0169. The van der Waals surface area contributed by atoms with Gasteiger partial charge < -0.3 is 23.8 Å². The Labute approximate surface area is 224 Å². The fourth-order valence-corrected chi connectivity index (χ4v) is 5.43. The molecule has 3 aromatic rings. The first kappa shape index (κ1) is 26.1. The molecule has 8 nitrogen and oxygen atoms in total. The molecule has 1 amide bonds. The molecular weight excluding hydrogens is 482 g/mol. The summed E-state index contributed by atoms with van der Waals surface area (Å²) in [4.78, 5) is 21.0. The van der Waals surface area contributed by atoms with Crippen molar-refractivity contribution in [3.8, 4) is 34.3 Å². The highest BCUT2D eigenvalue weighted by Crippen LogP contribution is 2.41. The van der Waals surface area contributed by atoms with Crippen LogP contribution in [0.2, 0.25) is 0 Å². The summed E-state index contributed by atoms with van der Waals surface area (Å²) in [5.41, 5.74) is 5.04. The van der Waals surface area contributed by atoms with E-state index in [4.69, 9.17) is 23.9 Å². The van der Waals surface area contributed by atoms with Gasteiger partial charge in [0, 0.05) is 18.2 Å². The number of aryl methyl sites for hydroxylation is 2. The van der Waals surface area contributed by atoms with Crippen molar-refractivity contribution in [3.05, 3.63) is 52.8 Å². The zero-order valence-corrected chi connectivity index (χ0v) is 23.4. The Morgan fingerprint density at radius 1 is 1.08 bits per heavy atom. The molecule has 2 aliphatic heterocycles. The number of imidazole rings is 1. The molecule has 0 unspecified atom stereocenters. The Kier molecular flexibility index (Phi) is 6.86. The Hall–Kier alpha value is -3.52. The Morgan fingerprint density at radius 3 is 2.53 bits per heavy atom. The minimum Gasteiger partial charge on any atom is -0.497 e. The van der Waals surface area contributed by atoms with Crippen molar-refractivity contribution in [2.45, 2.75) is 59.1 Å². The number of fused-ring (bicyclic) bond motifs is 3. The lowest BCUT2D eigenvalue weighted by Gasteiger charge is -2.41. The van der Waals surface area contributed by atoms with Gasteiger partial charge in [0.15, 0.2) is 17.2 Å². The molecule has 0 spiro atoms. The molecule has 3 heterocycles. The highest BCUT2D eigenvalue weighted by atomic mass is 16.5. The van der Waals surface area contributed by atoms with Crippen LogP contribution in [0.5, 0.6) is 17.2 Å². The number of carbonyl (C=O) groups is 1. The SMILES string of the molecule is COc1ccc(-c2nc(C(=O)N3CCOCC3(C)C)c3n2-c2cc(OC(C)C)c(OC)cc2CC3)c(C)c1. The van der Waals surface area contributed by atoms with Gasteiger partial charge in [0.25, 0.3) is 5.91 Å². The minimum atomic E-state index is -0.416. The number of hydrogen-bond acceptors (Lipinski definition) is 6. The number of amides is 1. The highest BCUT2D eigenvalue weighted by molar-refractivity contribution is 5.95. The van der Waals surface area contributed by atoms with Gasteiger partial charge in [-0.25, -0.2) is 4.98 Å². The number of hydrogen-bond donors (Lipinski definition) is 0. The second kappa shape index (κ2) is 9.98. The fourth-order valence-electron chi connectivity index (χ4n) is 5.43. The molecule has 202 valence electrons. The smallest absolute Gasteiger partial charge is 0.274 e. The van der Waals surface area contributed by atoms with Crippen LogP contribution >= 0.6 is 0 Å². The number of nitrogens with zero attached hydrogens (tertiary/aromatic N) is 3. The predicted octanol–water partition coefficient (Wildman–Crippen LogP) is 5.00. The van der Waals surface area contributed by atoms with Crippen molar-refractivity contribution in [2.24, 2.45) is 0 Å². The summed E-state index contributed by atoms with van der Waals surface area (Å²) in [5, 5.41) is 0. The van der Waals surface area contributed by atoms with Gasteiger partial charge in [0.2, 0.25) is 0 Å². The second-order valence-corrected chi connectivity index (χ2v) is 10.9. The summed E-state index contributed by atoms with van der Waals surface area (Å²) in [7, 11) is 3.32. The van der Waals surface area contributed by atoms with E-state index in [2.05, 4.69) is 4.57 Å². The number of rotatable bonds is 6. The van der Waals surface area contributed by atoms with E-state index in [0.29, 0.717) is 43.4 Å². The topological polar surface area (TPSA) is 75.0 Å². The van der Waals surface area contributed by atoms with E-state index in [9.17, 15) is 4.79 Å². The Morgan fingerprint density at radius 2 is 1.87 bits per heavy atom. The van der Waals surface area contributed by atoms with Gasteiger partial charge in [-0.05, 0) is 82.9 Å². The Bertz CT molecular complexity index is 1370. The standard InChI is InChI=1S/C30H37N3O5/c1-18(2)38-26-16-24-20(15-25(26)36-7)8-11-23-27(29(34)32-12-13-37-17-30(32,4)5)31-28(33(23)24)22-10-9-21(35-6)14-19(22)3/h9-10,14-16,18H,8,11-13,17H2,1-7H3. The van der Waals surface area contributed by atoms with Crippen molar-refractivity contribution in [1.82, 2.24) is 14.5 Å². The van der Waals surface area contributed by atoms with E-state index in [1.54, 1.807) is 14.2 Å². The van der Waals surface area contributed by atoms with Gasteiger partial charge in [-0.3, -0.25) is 9.36 Å². The van der Waals surface area contributed by atoms with Crippen molar-refractivity contribution < 1.29 is 23.7 Å². The van der Waals surface area contributed by atoms with Crippen LogP contribution in [-0.4, -0.2) is 66.0 Å². The summed E-state index contributed by atoms with van der Waals surface area (Å²) >= 11 is 0. The lowest BCUT2D eigenvalue weighted by Crippen LogP contribution is -2.55. The van der Waals surface area contributed by atoms with E-state index < -0.39 is 5.54 Å². The molecule has 5 rings (SSSR count). The normalized spacial score (nSPS) is 16.2. The first-order valence-corrected chi connectivity index (χ1v) is 13.2. The number of carbonyl (C=O) groups excluding carboxylic acids is 1. The van der Waals surface area contributed by atoms with Gasteiger partial charge in [-0.2, -0.15) is 0 Å². The molecule has 0 aliphatic carbocycles. The van der Waals surface area contributed by atoms with Crippen molar-refractivity contribution >= 4 is 5.91 Å². The van der Waals surface area contributed by atoms with Crippen molar-refractivity contribution in [3.63, 3.8) is 0 Å². The van der Waals surface area contributed by atoms with Crippen LogP contribution in [0.4, 0.5) is 0 Å². The van der Waals surface area contributed by atoms with Crippen molar-refractivity contribution in [1.29, 1.82) is 0 Å². The lowest BCUT2D eigenvalue weighted by molar-refractivity contribution is -0.0373. The maximum absolute atomic E-state index is 14.1. The zero-order chi connectivity index (χ0) is 27.2. The monoisotopic (exact) mass is 519 g/mol. The number of aromatic nitrogens is 2. The third kappa shape index (κ3) is 4.51. The van der Waals surface area contributed by atoms with E-state index in [1.165, 1.54) is 0 Å². The van der Waals surface area contributed by atoms with Gasteiger partial charge in [0.1, 0.15) is 11.6 Å². The van der Waals surface area contributed by atoms with Crippen LogP contribution in [-0.2, 0) is 17.6 Å². The molecule has 0 radical (unpaired) electrons. The maximum atomic E-state index is 14.1. The highest BCUT2D eigenvalue weighted by Gasteiger charge is 2.38. The summed E-state index contributed by atoms with van der Waals surface area (Å²) in [6.07, 6.45) is 1.44. The van der Waals surface area contributed by atoms with Gasteiger partial charge >= 0.3 is 0 Å². The third-order valence-electron chi connectivity index (χ3n) is 7.34. The molecule has 1 saturated heterocycles. The first-order valence-electron chi connectivity index (χ1n) is 13.2. The largest absolute Gasteiger partial charge is 0.497 e. The molecule has 1 fully saturated rings. The summed E-state index contributed by atoms with van der Waals surface area (Å²) < 4.78 is 25.1. The third-order valence-corrected chi connectivity index (χ3v) is 7.34. The van der Waals surface area contributed by atoms with E-state index >= 15 is 0 Å². The maximum Gasteiger partial charge on any atom is 0.274 e. The molecule has 0 saturated carbocycles. The van der Waals surface area contributed by atoms with E-state index in [1.807, 2.05) is 69.9 Å². The van der Waals surface area contributed by atoms with Crippen molar-refractivity contribution in [2.75, 3.05) is 34.0 Å². The molecular formula is C30H37N3O5. The fraction of sp³-hybridized carbons (Fsp3) is 0.467. The van der Waals surface area contributed by atoms with Gasteiger partial charge in [-0.15, -0.1) is 0 Å². The number of benzene rings is 2. The van der Waals surface area contributed by atoms with Crippen LogP contribution in [0.1, 0.15) is 55.0 Å². The summed E-state index contributed by atoms with van der Waals surface area (Å²) in [6, 6.07) is 10.0. The lowest BCUT2D eigenvalue weighted by atomic mass is 9.97. The zero-order valence-electron chi connectivity index (χ0n) is 23.4. The number of ether oxygens (including phenoxy) is 4. The molecule has 8 heteroatoms. The van der Waals surface area contributed by atoms with Crippen LogP contribution in [0.3, 0.4) is 0 Å². The predicted molar refractivity (Wildman–Crippen MR) is 146 cm³/mol. The number of methoxy groups -OCH3 is 2. The molecule has 2 aliphatic rings. The molecule has 0 bridgehead atoms. The van der Waals surface area contributed by atoms with Gasteiger partial charge in [-0.1, -0.05) is 0 Å². The average molecular weight is 520 g/mol. The second-order valence-electron chi connectivity index (χ2n) is 10.9. The molecule has 0 atom stereocenters. The van der Waals surface area contributed by atoms with Crippen LogP contribution in [0.15, 0.2) is 30.3 Å². The number of morpholine rings is 1. The first-order chi connectivity index (χ1) is 18.1. The molecule has 0 N–H and O–H groups in total. The Balaban J connectivity index is 1.73. The van der Waals surface area contributed by atoms with Crippen LogP contribution < -0.4 is 14.2 Å². The van der Waals surface area contributed by atoms with Crippen LogP contribution in [0, 0.1) is 6.92 Å². The summed E-state index contributed by atoms with van der Waals surface area (Å²) in [5.74, 6) is 2.82. The molecule has 38 heavy (non-hydrogen) atoms. The molecule has 2 aromatic carbocycles. The average Bonchev–Trinajstić information content (AvgIpc) is 3.27. The summed E-state index contributed by atoms with van der Waals surface area (Å²) in [6.45, 7) is 11.7. The quantitative estimate of drug-likeness (QED) is 0.456.